The van der Waals surface area contributed by atoms with E-state index >= 15 is 0 Å². The first kappa shape index (κ1) is 12.7. The quantitative estimate of drug-likeness (QED) is 0.804. The van der Waals surface area contributed by atoms with Gasteiger partial charge in [-0.25, -0.2) is 4.79 Å². The minimum Gasteiger partial charge on any atom is -0.447 e. The molecule has 1 saturated heterocycles. The fourth-order valence-electron chi connectivity index (χ4n) is 2.88. The van der Waals surface area contributed by atoms with Gasteiger partial charge in [0.25, 0.3) is 0 Å². The minimum atomic E-state index is -0.253. The van der Waals surface area contributed by atoms with Gasteiger partial charge < -0.3 is 15.4 Å². The molecule has 2 aliphatic rings. The third kappa shape index (κ3) is 3.35. The van der Waals surface area contributed by atoms with E-state index < -0.39 is 0 Å². The Morgan fingerprint density at radius 3 is 2.76 bits per heavy atom. The minimum absolute atomic E-state index is 0.173. The molecule has 17 heavy (non-hydrogen) atoms. The average molecular weight is 240 g/mol. The zero-order valence-corrected chi connectivity index (χ0v) is 10.8. The van der Waals surface area contributed by atoms with Crippen LogP contribution in [-0.2, 0) is 4.74 Å². The molecule has 0 spiro atoms. The van der Waals surface area contributed by atoms with Crippen LogP contribution in [0.5, 0.6) is 0 Å². The average Bonchev–Trinajstić information content (AvgIpc) is 2.74. The molecule has 98 valence electrons. The highest BCUT2D eigenvalue weighted by Gasteiger charge is 2.32. The first-order valence-corrected chi connectivity index (χ1v) is 6.80. The molecule has 0 aromatic carbocycles. The molecule has 2 rings (SSSR count). The summed E-state index contributed by atoms with van der Waals surface area (Å²) in [5.41, 5.74) is 5.92. The predicted octanol–water partition coefficient (Wildman–Crippen LogP) is 2.13. The van der Waals surface area contributed by atoms with E-state index in [4.69, 9.17) is 10.5 Å². The first-order chi connectivity index (χ1) is 8.09. The van der Waals surface area contributed by atoms with Crippen LogP contribution in [0.2, 0.25) is 0 Å². The number of carbonyl (C=O) groups excluding carboxylic acids is 1. The maximum atomic E-state index is 11.9. The Kier molecular flexibility index (Phi) is 3.92. The zero-order chi connectivity index (χ0) is 12.3. The Labute approximate surface area is 103 Å². The molecule has 0 radical (unpaired) electrons. The number of hydrogen-bond acceptors (Lipinski definition) is 3. The Morgan fingerprint density at radius 1 is 1.41 bits per heavy atom. The number of nitrogens with two attached hydrogens (primary N) is 1. The van der Waals surface area contributed by atoms with Crippen LogP contribution < -0.4 is 5.73 Å². The summed E-state index contributed by atoms with van der Waals surface area (Å²) in [7, 11) is 0. The van der Waals surface area contributed by atoms with E-state index in [0.717, 1.165) is 45.2 Å². The van der Waals surface area contributed by atoms with Crippen LogP contribution in [-0.4, -0.2) is 36.2 Å². The second kappa shape index (κ2) is 5.25. The van der Waals surface area contributed by atoms with Gasteiger partial charge in [0, 0.05) is 13.1 Å². The lowest BCUT2D eigenvalue weighted by molar-refractivity contribution is 0.0685. The third-order valence-electron chi connectivity index (χ3n) is 4.00. The van der Waals surface area contributed by atoms with Gasteiger partial charge in [0.1, 0.15) is 6.61 Å². The first-order valence-electron chi connectivity index (χ1n) is 6.80. The lowest BCUT2D eigenvalue weighted by atomic mass is 10.0. The number of piperidine rings is 1. The van der Waals surface area contributed by atoms with Gasteiger partial charge >= 0.3 is 6.09 Å². The lowest BCUT2D eigenvalue weighted by Crippen LogP contribution is -2.45. The zero-order valence-electron chi connectivity index (χ0n) is 10.8. The van der Waals surface area contributed by atoms with Crippen molar-refractivity contribution < 1.29 is 9.53 Å². The molecule has 1 unspecified atom stereocenters. The van der Waals surface area contributed by atoms with Gasteiger partial charge in [-0.1, -0.05) is 19.8 Å². The molecular formula is C13H24N2O2. The second-order valence-corrected chi connectivity index (χ2v) is 5.82. The van der Waals surface area contributed by atoms with Gasteiger partial charge in [-0.05, 0) is 31.6 Å². The molecule has 2 N–H and O–H groups in total. The standard InChI is InChI=1S/C13H24N2O2/c1-11-5-4-8-15(9-11)12(16)17-10-13(14)6-2-3-7-13/h11H,2-10,14H2,1H3. The van der Waals surface area contributed by atoms with Gasteiger partial charge in [-0.15, -0.1) is 0 Å². The summed E-state index contributed by atoms with van der Waals surface area (Å²) in [6, 6.07) is 0. The Morgan fingerprint density at radius 2 is 2.12 bits per heavy atom. The fraction of sp³-hybridized carbons (Fsp3) is 0.923. The van der Waals surface area contributed by atoms with E-state index in [-0.39, 0.29) is 11.6 Å². The van der Waals surface area contributed by atoms with Gasteiger partial charge in [0.2, 0.25) is 0 Å². The third-order valence-corrected chi connectivity index (χ3v) is 4.00. The van der Waals surface area contributed by atoms with E-state index in [1.807, 2.05) is 4.90 Å². The van der Waals surface area contributed by atoms with Crippen molar-refractivity contribution in [2.75, 3.05) is 19.7 Å². The summed E-state index contributed by atoms with van der Waals surface area (Å²) >= 11 is 0. The van der Waals surface area contributed by atoms with Crippen molar-refractivity contribution >= 4 is 6.09 Å². The molecule has 4 heteroatoms. The monoisotopic (exact) mass is 240 g/mol. The molecule has 1 amide bonds. The van der Waals surface area contributed by atoms with Crippen LogP contribution in [0, 0.1) is 5.92 Å². The van der Waals surface area contributed by atoms with Crippen molar-refractivity contribution in [1.82, 2.24) is 4.90 Å². The Balaban J connectivity index is 1.76. The summed E-state index contributed by atoms with van der Waals surface area (Å²) in [6.45, 7) is 4.23. The van der Waals surface area contributed by atoms with E-state index in [9.17, 15) is 4.79 Å². The molecule has 4 nitrogen and oxygen atoms in total. The van der Waals surface area contributed by atoms with Crippen molar-refractivity contribution in [3.8, 4) is 0 Å². The molecule has 1 heterocycles. The van der Waals surface area contributed by atoms with Gasteiger partial charge in [-0.2, -0.15) is 0 Å². The van der Waals surface area contributed by atoms with Crippen LogP contribution in [0.4, 0.5) is 4.79 Å². The normalized spacial score (nSPS) is 28.1. The molecule has 1 aliphatic carbocycles. The van der Waals surface area contributed by atoms with Crippen molar-refractivity contribution in [1.29, 1.82) is 0 Å². The predicted molar refractivity (Wildman–Crippen MR) is 66.7 cm³/mol. The number of ether oxygens (including phenoxy) is 1. The second-order valence-electron chi connectivity index (χ2n) is 5.82. The molecule has 1 aliphatic heterocycles. The van der Waals surface area contributed by atoms with Gasteiger partial charge in [0.15, 0.2) is 0 Å². The van der Waals surface area contributed by atoms with E-state index in [1.54, 1.807) is 0 Å². The topological polar surface area (TPSA) is 55.6 Å². The summed E-state index contributed by atoms with van der Waals surface area (Å²) < 4.78 is 5.38. The molecular weight excluding hydrogens is 216 g/mol. The van der Waals surface area contributed by atoms with Crippen LogP contribution in [0.3, 0.4) is 0 Å². The maximum Gasteiger partial charge on any atom is 0.409 e. The van der Waals surface area contributed by atoms with Crippen LogP contribution in [0.1, 0.15) is 45.4 Å². The summed E-state index contributed by atoms with van der Waals surface area (Å²) in [6.07, 6.45) is 6.42. The van der Waals surface area contributed by atoms with Crippen molar-refractivity contribution in [2.24, 2.45) is 11.7 Å². The highest BCUT2D eigenvalue weighted by atomic mass is 16.6. The van der Waals surface area contributed by atoms with E-state index in [2.05, 4.69) is 6.92 Å². The van der Waals surface area contributed by atoms with Crippen molar-refractivity contribution in [2.45, 2.75) is 51.0 Å². The van der Waals surface area contributed by atoms with Gasteiger partial charge in [0.05, 0.1) is 5.54 Å². The van der Waals surface area contributed by atoms with Crippen LogP contribution in [0.15, 0.2) is 0 Å². The van der Waals surface area contributed by atoms with E-state index in [1.165, 1.54) is 6.42 Å². The molecule has 1 saturated carbocycles. The SMILES string of the molecule is CC1CCCN(C(=O)OCC2(N)CCCC2)C1. The highest BCUT2D eigenvalue weighted by molar-refractivity contribution is 5.67. The Hall–Kier alpha value is -0.770. The fourth-order valence-corrected chi connectivity index (χ4v) is 2.88. The summed E-state index contributed by atoms with van der Waals surface area (Å²) in [5.74, 6) is 0.592. The summed E-state index contributed by atoms with van der Waals surface area (Å²) in [5, 5.41) is 0. The van der Waals surface area contributed by atoms with Crippen molar-refractivity contribution in [3.63, 3.8) is 0 Å². The van der Waals surface area contributed by atoms with Crippen molar-refractivity contribution in [3.05, 3.63) is 0 Å². The number of rotatable bonds is 2. The number of carbonyl (C=O) groups is 1. The lowest BCUT2D eigenvalue weighted by Gasteiger charge is -2.31. The number of amides is 1. The molecule has 0 aromatic rings. The summed E-state index contributed by atoms with van der Waals surface area (Å²) in [4.78, 5) is 13.7. The highest BCUT2D eigenvalue weighted by Crippen LogP contribution is 2.27. The van der Waals surface area contributed by atoms with Gasteiger partial charge in [-0.3, -0.25) is 0 Å². The number of hydrogen-bond donors (Lipinski definition) is 1. The molecule has 0 aromatic heterocycles. The smallest absolute Gasteiger partial charge is 0.409 e. The van der Waals surface area contributed by atoms with Crippen LogP contribution in [0.25, 0.3) is 0 Å². The number of likely N-dealkylation sites (tertiary alicyclic amines) is 1. The Bertz CT molecular complexity index is 275. The number of nitrogens with zero attached hydrogens (tertiary/aromatic N) is 1. The maximum absolute atomic E-state index is 11.9. The molecule has 2 fully saturated rings. The van der Waals surface area contributed by atoms with Crippen LogP contribution >= 0.6 is 0 Å². The largest absolute Gasteiger partial charge is 0.447 e. The molecule has 0 bridgehead atoms. The molecule has 1 atom stereocenters. The van der Waals surface area contributed by atoms with E-state index in [0.29, 0.717) is 12.5 Å².